The number of amides is 2. The van der Waals surface area contributed by atoms with Gasteiger partial charge in [0.05, 0.1) is 6.42 Å². The minimum Gasteiger partial charge on any atom is -0.481 e. The number of carbonyl (C=O) groups excluding carboxylic acids is 2. The van der Waals surface area contributed by atoms with Crippen LogP contribution in [-0.2, 0) is 19.1 Å². The molecule has 1 heterocycles. The van der Waals surface area contributed by atoms with E-state index in [2.05, 4.69) is 34.9 Å². The molecule has 2 unspecified atom stereocenters. The van der Waals surface area contributed by atoms with E-state index in [1.807, 2.05) is 31.2 Å². The van der Waals surface area contributed by atoms with Crippen molar-refractivity contribution in [2.45, 2.75) is 50.7 Å². The highest BCUT2D eigenvalue weighted by molar-refractivity contribution is 5.82. The number of nitrogens with one attached hydrogen (secondary N) is 2. The Bertz CT molecular complexity index is 1030. The molecule has 0 aromatic heterocycles. The van der Waals surface area contributed by atoms with Crippen molar-refractivity contribution in [2.24, 2.45) is 5.92 Å². The van der Waals surface area contributed by atoms with E-state index in [1.54, 1.807) is 0 Å². The number of ether oxygens (including phenoxy) is 2. The van der Waals surface area contributed by atoms with Gasteiger partial charge in [0.25, 0.3) is 0 Å². The highest BCUT2D eigenvalue weighted by atomic mass is 16.5. The summed E-state index contributed by atoms with van der Waals surface area (Å²) in [4.78, 5) is 36.3. The number of aliphatic carboxylic acids is 1. The van der Waals surface area contributed by atoms with E-state index < -0.39 is 24.2 Å². The van der Waals surface area contributed by atoms with Crippen LogP contribution in [0.1, 0.15) is 49.7 Å². The molecule has 8 heteroatoms. The Morgan fingerprint density at radius 3 is 2.37 bits per heavy atom. The van der Waals surface area contributed by atoms with Crippen molar-refractivity contribution >= 4 is 18.0 Å². The number of carboxylic acids is 1. The lowest BCUT2D eigenvalue weighted by atomic mass is 9.98. The van der Waals surface area contributed by atoms with Crippen molar-refractivity contribution in [3.8, 4) is 11.1 Å². The molecular formula is C27H32N2O6. The smallest absolute Gasteiger partial charge is 0.407 e. The third-order valence-corrected chi connectivity index (χ3v) is 6.73. The SMILES string of the molecule is CCC[C@@H](CC(=O)O)NC(=O)C1OCCC1CNC(=O)OCC1c2ccccc2-c2ccccc21. The molecule has 1 fully saturated rings. The van der Waals surface area contributed by atoms with Crippen LogP contribution in [0.2, 0.25) is 0 Å². The largest absolute Gasteiger partial charge is 0.481 e. The molecular weight excluding hydrogens is 448 g/mol. The normalized spacial score (nSPS) is 19.5. The summed E-state index contributed by atoms with van der Waals surface area (Å²) in [5.41, 5.74) is 4.62. The summed E-state index contributed by atoms with van der Waals surface area (Å²) in [6, 6.07) is 15.9. The fourth-order valence-corrected chi connectivity index (χ4v) is 5.06. The van der Waals surface area contributed by atoms with Crippen LogP contribution in [0.15, 0.2) is 48.5 Å². The number of carboxylic acid groups (broad SMARTS) is 1. The Hall–Kier alpha value is -3.39. The van der Waals surface area contributed by atoms with E-state index >= 15 is 0 Å². The first-order valence-electron chi connectivity index (χ1n) is 12.2. The minimum absolute atomic E-state index is 0.0220. The van der Waals surface area contributed by atoms with E-state index in [9.17, 15) is 14.4 Å². The Morgan fingerprint density at radius 1 is 1.09 bits per heavy atom. The highest BCUT2D eigenvalue weighted by Crippen LogP contribution is 2.44. The predicted molar refractivity (Wildman–Crippen MR) is 130 cm³/mol. The first-order chi connectivity index (χ1) is 17.0. The summed E-state index contributed by atoms with van der Waals surface area (Å²) in [5, 5.41) is 14.7. The van der Waals surface area contributed by atoms with Crippen LogP contribution < -0.4 is 10.6 Å². The number of carbonyl (C=O) groups is 3. The van der Waals surface area contributed by atoms with E-state index in [-0.39, 0.29) is 37.3 Å². The molecule has 8 nitrogen and oxygen atoms in total. The van der Waals surface area contributed by atoms with Crippen molar-refractivity contribution in [2.75, 3.05) is 19.8 Å². The van der Waals surface area contributed by atoms with Gasteiger partial charge in [-0.15, -0.1) is 0 Å². The summed E-state index contributed by atoms with van der Waals surface area (Å²) < 4.78 is 11.2. The molecule has 2 amide bonds. The van der Waals surface area contributed by atoms with Gasteiger partial charge < -0.3 is 25.2 Å². The van der Waals surface area contributed by atoms with Crippen LogP contribution in [0.25, 0.3) is 11.1 Å². The van der Waals surface area contributed by atoms with Gasteiger partial charge in [-0.2, -0.15) is 0 Å². The maximum atomic E-state index is 12.7. The second kappa shape index (κ2) is 11.4. The number of fused-ring (bicyclic) bond motifs is 3. The molecule has 35 heavy (non-hydrogen) atoms. The molecule has 1 aliphatic heterocycles. The molecule has 3 N–H and O–H groups in total. The summed E-state index contributed by atoms with van der Waals surface area (Å²) >= 11 is 0. The molecule has 2 aliphatic rings. The molecule has 2 aromatic carbocycles. The van der Waals surface area contributed by atoms with Crippen LogP contribution in [0.5, 0.6) is 0 Å². The van der Waals surface area contributed by atoms with Crippen LogP contribution in [0.4, 0.5) is 4.79 Å². The predicted octanol–water partition coefficient (Wildman–Crippen LogP) is 3.69. The molecule has 0 spiro atoms. The molecule has 186 valence electrons. The number of hydrogen-bond acceptors (Lipinski definition) is 5. The first kappa shape index (κ1) is 24.7. The van der Waals surface area contributed by atoms with E-state index in [0.717, 1.165) is 17.5 Å². The highest BCUT2D eigenvalue weighted by Gasteiger charge is 2.36. The van der Waals surface area contributed by atoms with Gasteiger partial charge in [-0.3, -0.25) is 9.59 Å². The molecule has 0 radical (unpaired) electrons. The zero-order chi connectivity index (χ0) is 24.8. The summed E-state index contributed by atoms with van der Waals surface area (Å²) in [6.45, 7) is 2.81. The van der Waals surface area contributed by atoms with Gasteiger partial charge in [0.1, 0.15) is 12.7 Å². The monoisotopic (exact) mass is 480 g/mol. The van der Waals surface area contributed by atoms with Gasteiger partial charge >= 0.3 is 12.1 Å². The maximum absolute atomic E-state index is 12.7. The topological polar surface area (TPSA) is 114 Å². The second-order valence-electron chi connectivity index (χ2n) is 9.14. The average molecular weight is 481 g/mol. The summed E-state index contributed by atoms with van der Waals surface area (Å²) in [6.07, 6.45) is 0.572. The molecule has 1 saturated heterocycles. The third kappa shape index (κ3) is 5.82. The zero-order valence-electron chi connectivity index (χ0n) is 19.9. The minimum atomic E-state index is -0.954. The first-order valence-corrected chi connectivity index (χ1v) is 12.2. The lowest BCUT2D eigenvalue weighted by molar-refractivity contribution is -0.138. The van der Waals surface area contributed by atoms with Gasteiger partial charge in [0, 0.05) is 31.0 Å². The van der Waals surface area contributed by atoms with Gasteiger partial charge in [0.2, 0.25) is 5.91 Å². The van der Waals surface area contributed by atoms with E-state index in [1.165, 1.54) is 11.1 Å². The molecule has 1 aliphatic carbocycles. The zero-order valence-corrected chi connectivity index (χ0v) is 19.9. The van der Waals surface area contributed by atoms with Crippen molar-refractivity contribution in [3.63, 3.8) is 0 Å². The molecule has 4 rings (SSSR count). The Balaban J connectivity index is 1.29. The number of alkyl carbamates (subject to hydrolysis) is 1. The van der Waals surface area contributed by atoms with Gasteiger partial charge in [-0.25, -0.2) is 4.79 Å². The molecule has 0 saturated carbocycles. The van der Waals surface area contributed by atoms with Crippen molar-refractivity contribution in [1.29, 1.82) is 0 Å². The molecule has 0 bridgehead atoms. The number of benzene rings is 2. The second-order valence-corrected chi connectivity index (χ2v) is 9.14. The summed E-state index contributed by atoms with van der Waals surface area (Å²) in [5.74, 6) is -1.51. The van der Waals surface area contributed by atoms with Gasteiger partial charge in [-0.1, -0.05) is 61.9 Å². The number of rotatable bonds is 10. The van der Waals surface area contributed by atoms with Crippen LogP contribution >= 0.6 is 0 Å². The van der Waals surface area contributed by atoms with Gasteiger partial charge in [-0.05, 0) is 35.1 Å². The number of hydrogen-bond donors (Lipinski definition) is 3. The molecule has 3 atom stereocenters. The molecule has 2 aromatic rings. The maximum Gasteiger partial charge on any atom is 0.407 e. The van der Waals surface area contributed by atoms with Crippen molar-refractivity contribution < 1.29 is 29.0 Å². The van der Waals surface area contributed by atoms with Gasteiger partial charge in [0.15, 0.2) is 0 Å². The van der Waals surface area contributed by atoms with Crippen LogP contribution in [-0.4, -0.2) is 55.0 Å². The van der Waals surface area contributed by atoms with Crippen molar-refractivity contribution in [1.82, 2.24) is 10.6 Å². The lowest BCUT2D eigenvalue weighted by Gasteiger charge is -2.22. The fourth-order valence-electron chi connectivity index (χ4n) is 5.06. The summed E-state index contributed by atoms with van der Waals surface area (Å²) in [7, 11) is 0. The van der Waals surface area contributed by atoms with Crippen molar-refractivity contribution in [3.05, 3.63) is 59.7 Å². The quantitative estimate of drug-likeness (QED) is 0.478. The Kier molecular flexibility index (Phi) is 8.02. The van der Waals surface area contributed by atoms with Crippen LogP contribution in [0, 0.1) is 5.92 Å². The third-order valence-electron chi connectivity index (χ3n) is 6.73. The Labute approximate surface area is 205 Å². The fraction of sp³-hybridized carbons (Fsp3) is 0.444. The van der Waals surface area contributed by atoms with E-state index in [4.69, 9.17) is 14.6 Å². The average Bonchev–Trinajstić information content (AvgIpc) is 3.44. The van der Waals surface area contributed by atoms with Crippen LogP contribution in [0.3, 0.4) is 0 Å². The van der Waals surface area contributed by atoms with E-state index in [0.29, 0.717) is 19.4 Å². The lowest BCUT2D eigenvalue weighted by Crippen LogP contribution is -2.46. The Morgan fingerprint density at radius 2 is 1.74 bits per heavy atom. The standard InChI is InChI=1S/C27H32N2O6/c1-2-7-18(14-24(30)31)29-26(32)25-17(12-13-34-25)15-28-27(33)35-16-23-21-10-5-3-8-19(21)20-9-4-6-11-22(20)23/h3-6,8-11,17-18,23,25H,2,7,12-16H2,1H3,(H,28,33)(H,29,32)(H,30,31)/t17?,18-,25?/m0/s1.